The number of halogens is 2. The zero-order valence-electron chi connectivity index (χ0n) is 29.5. The Balaban J connectivity index is 1.08. The summed E-state index contributed by atoms with van der Waals surface area (Å²) in [6, 6.07) is 31.5. The molecular weight excluding hydrogens is 687 g/mol. The first-order valence-electron chi connectivity index (χ1n) is 17.3. The van der Waals surface area contributed by atoms with Crippen molar-refractivity contribution in [3.05, 3.63) is 169 Å². The lowest BCUT2D eigenvalue weighted by molar-refractivity contribution is 0.0932. The average Bonchev–Trinajstić information content (AvgIpc) is 3.88. The van der Waals surface area contributed by atoms with Crippen LogP contribution in [0.4, 0.5) is 14.5 Å². The third-order valence-corrected chi connectivity index (χ3v) is 8.65. The Hall–Kier alpha value is -6.88. The summed E-state index contributed by atoms with van der Waals surface area (Å²) in [7, 11) is 0. The van der Waals surface area contributed by atoms with Crippen molar-refractivity contribution in [2.24, 2.45) is 0 Å². The largest absolute Gasteiger partial charge is 0.490 e. The molecule has 0 saturated carbocycles. The Labute approximate surface area is 310 Å². The molecule has 0 saturated heterocycles. The van der Waals surface area contributed by atoms with Crippen LogP contribution in [-0.4, -0.2) is 32.4 Å². The van der Waals surface area contributed by atoms with Crippen molar-refractivity contribution in [2.45, 2.75) is 32.5 Å². The van der Waals surface area contributed by atoms with E-state index in [9.17, 15) is 9.18 Å². The van der Waals surface area contributed by atoms with E-state index in [-0.39, 0.29) is 30.2 Å². The molecule has 3 aromatic heterocycles. The number of ether oxygens (including phenoxy) is 1. The lowest BCUT2D eigenvalue weighted by Gasteiger charge is -2.21. The number of hydrogen-bond acceptors (Lipinski definition) is 6. The van der Waals surface area contributed by atoms with E-state index < -0.39 is 11.9 Å². The van der Waals surface area contributed by atoms with Gasteiger partial charge in [-0.1, -0.05) is 42.5 Å². The molecule has 0 aliphatic heterocycles. The fourth-order valence-electron chi connectivity index (χ4n) is 6.00. The maximum atomic E-state index is 15.7. The number of carbonyl (C=O) groups excluding carboxylic acids is 1. The normalized spacial score (nSPS) is 11.6. The van der Waals surface area contributed by atoms with Crippen LogP contribution in [0.3, 0.4) is 0 Å². The van der Waals surface area contributed by atoms with Crippen LogP contribution in [0.15, 0.2) is 145 Å². The van der Waals surface area contributed by atoms with Crippen LogP contribution >= 0.6 is 0 Å². The molecule has 0 aliphatic carbocycles. The zero-order chi connectivity index (χ0) is 37.6. The summed E-state index contributed by atoms with van der Waals surface area (Å²) >= 11 is 0. The molecule has 270 valence electrons. The Morgan fingerprint density at radius 1 is 0.852 bits per heavy atom. The number of nitrogens with one attached hydrogen (secondary N) is 3. The van der Waals surface area contributed by atoms with Crippen molar-refractivity contribution in [1.29, 1.82) is 5.41 Å². The number of furan rings is 1. The molecule has 4 aromatic carbocycles. The summed E-state index contributed by atoms with van der Waals surface area (Å²) in [4.78, 5) is 21.9. The highest BCUT2D eigenvalue weighted by Crippen LogP contribution is 2.37. The van der Waals surface area contributed by atoms with E-state index in [1.807, 2.05) is 50.2 Å². The number of carbonyl (C=O) groups is 1. The van der Waals surface area contributed by atoms with E-state index in [0.717, 1.165) is 11.1 Å². The first kappa shape index (κ1) is 35.5. The monoisotopic (exact) mass is 722 g/mol. The van der Waals surface area contributed by atoms with Gasteiger partial charge in [0, 0.05) is 53.6 Å². The van der Waals surface area contributed by atoms with Gasteiger partial charge in [0.15, 0.2) is 0 Å². The molecule has 7 aromatic rings. The van der Waals surface area contributed by atoms with Gasteiger partial charge < -0.3 is 24.4 Å². The zero-order valence-corrected chi connectivity index (χ0v) is 29.5. The number of pyridine rings is 1. The Bertz CT molecular complexity index is 2380. The number of anilines is 1. The maximum Gasteiger partial charge on any atom is 0.251 e. The van der Waals surface area contributed by atoms with Crippen molar-refractivity contribution in [2.75, 3.05) is 5.32 Å². The van der Waals surface area contributed by atoms with E-state index in [1.165, 1.54) is 18.2 Å². The quantitative estimate of drug-likeness (QED) is 0.0854. The van der Waals surface area contributed by atoms with Gasteiger partial charge in [-0.25, -0.2) is 13.8 Å². The molecule has 9 nitrogen and oxygen atoms in total. The molecule has 3 N–H and O–H groups in total. The van der Waals surface area contributed by atoms with E-state index in [2.05, 4.69) is 20.6 Å². The van der Waals surface area contributed by atoms with E-state index in [0.29, 0.717) is 50.9 Å². The molecule has 0 spiro atoms. The molecule has 7 rings (SSSR count). The molecule has 0 fully saturated rings. The van der Waals surface area contributed by atoms with Crippen molar-refractivity contribution in [1.82, 2.24) is 19.9 Å². The maximum absolute atomic E-state index is 15.7. The summed E-state index contributed by atoms with van der Waals surface area (Å²) in [6.07, 6.45) is 6.50. The summed E-state index contributed by atoms with van der Waals surface area (Å²) in [5.41, 5.74) is 4.64. The first-order chi connectivity index (χ1) is 26.2. The van der Waals surface area contributed by atoms with Gasteiger partial charge in [0.25, 0.3) is 5.91 Å². The number of nitrogens with zero attached hydrogens (tertiary/aromatic N) is 3. The number of rotatable bonds is 12. The van der Waals surface area contributed by atoms with Gasteiger partial charge in [0.1, 0.15) is 40.4 Å². The van der Waals surface area contributed by atoms with Crippen molar-refractivity contribution in [3.8, 4) is 39.5 Å². The lowest BCUT2D eigenvalue weighted by Crippen LogP contribution is -2.32. The van der Waals surface area contributed by atoms with Crippen LogP contribution in [0, 0.1) is 17.0 Å². The fourth-order valence-corrected chi connectivity index (χ4v) is 6.00. The van der Waals surface area contributed by atoms with Gasteiger partial charge in [-0.2, -0.15) is 0 Å². The molecule has 11 heteroatoms. The predicted octanol–water partition coefficient (Wildman–Crippen LogP) is 9.55. The Morgan fingerprint density at radius 3 is 2.31 bits per heavy atom. The molecule has 0 bridgehead atoms. The Morgan fingerprint density at radius 2 is 1.61 bits per heavy atom. The van der Waals surface area contributed by atoms with E-state index >= 15 is 4.39 Å². The van der Waals surface area contributed by atoms with Crippen LogP contribution in [-0.2, 0) is 6.54 Å². The van der Waals surface area contributed by atoms with Crippen molar-refractivity contribution >= 4 is 17.4 Å². The van der Waals surface area contributed by atoms with Gasteiger partial charge in [-0.15, -0.1) is 0 Å². The minimum atomic E-state index is -0.717. The second-order valence-corrected chi connectivity index (χ2v) is 12.9. The summed E-state index contributed by atoms with van der Waals surface area (Å²) < 4.78 is 43.3. The molecule has 0 unspecified atom stereocenters. The van der Waals surface area contributed by atoms with Gasteiger partial charge in [0.2, 0.25) is 0 Å². The molecule has 54 heavy (non-hydrogen) atoms. The van der Waals surface area contributed by atoms with Crippen LogP contribution in [0.2, 0.25) is 0 Å². The smallest absolute Gasteiger partial charge is 0.251 e. The number of aromatic nitrogens is 3. The molecule has 0 radical (unpaired) electrons. The summed E-state index contributed by atoms with van der Waals surface area (Å²) in [6.45, 7) is 4.12. The van der Waals surface area contributed by atoms with Gasteiger partial charge >= 0.3 is 0 Å². The van der Waals surface area contributed by atoms with E-state index in [1.54, 1.807) is 90.1 Å². The van der Waals surface area contributed by atoms with Gasteiger partial charge in [0.05, 0.1) is 24.0 Å². The van der Waals surface area contributed by atoms with Gasteiger partial charge in [-0.3, -0.25) is 15.2 Å². The van der Waals surface area contributed by atoms with Crippen LogP contribution in [0.1, 0.15) is 41.5 Å². The number of amidine groups is 1. The van der Waals surface area contributed by atoms with Gasteiger partial charge in [-0.05, 0) is 91.7 Å². The third kappa shape index (κ3) is 8.26. The van der Waals surface area contributed by atoms with Crippen LogP contribution in [0.5, 0.6) is 5.75 Å². The first-order valence-corrected chi connectivity index (χ1v) is 17.3. The number of amides is 1. The molecule has 1 amide bonds. The summed E-state index contributed by atoms with van der Waals surface area (Å²) in [5, 5.41) is 14.5. The topological polar surface area (TPSA) is 118 Å². The lowest BCUT2D eigenvalue weighted by atomic mass is 9.99. The van der Waals surface area contributed by atoms with Crippen LogP contribution in [0.25, 0.3) is 33.8 Å². The molecule has 0 aliphatic rings. The average molecular weight is 723 g/mol. The highest BCUT2D eigenvalue weighted by Gasteiger charge is 2.21. The number of benzene rings is 4. The molecule has 1 atom stereocenters. The summed E-state index contributed by atoms with van der Waals surface area (Å²) in [5.74, 6) is 0.676. The second kappa shape index (κ2) is 15.8. The van der Waals surface area contributed by atoms with Crippen LogP contribution < -0.4 is 15.4 Å². The minimum absolute atomic E-state index is 0.112. The minimum Gasteiger partial charge on any atom is -0.490 e. The molecular formula is C43H36F2N6O3. The molecule has 3 heterocycles. The van der Waals surface area contributed by atoms with Crippen molar-refractivity contribution < 1.29 is 22.7 Å². The number of imidazole rings is 1. The highest BCUT2D eigenvalue weighted by atomic mass is 19.1. The fraction of sp³-hybridized carbons (Fsp3) is 0.116. The predicted molar refractivity (Wildman–Crippen MR) is 204 cm³/mol. The third-order valence-electron chi connectivity index (χ3n) is 8.65. The van der Waals surface area contributed by atoms with Crippen molar-refractivity contribution in [3.63, 3.8) is 0 Å². The standard InChI is InChI=1S/C43H36F2N6O3/c1-27(2)53-41-24-33(49-42(46)37-5-3-4-20-48-37)15-17-35(41)40-19-18-39(54-40)29-6-8-30(9-7-29)43(52)50-38(25-51-22-21-47-26-51)34-16-12-31(23-36(34)45)28-10-13-32(44)14-11-28/h3-24,26-27,38H,25H2,1-2H3,(H2,46,49)(H,50,52)/t38-/m0/s1. The van der Waals surface area contributed by atoms with E-state index in [4.69, 9.17) is 14.6 Å². The Kier molecular flexibility index (Phi) is 10.4. The second-order valence-electron chi connectivity index (χ2n) is 12.9. The highest BCUT2D eigenvalue weighted by molar-refractivity contribution is 6.05. The SMILES string of the molecule is CC(C)Oc1cc(NC(=N)c2ccccn2)ccc1-c1ccc(-c2ccc(C(=O)N[C@@H](Cn3ccnc3)c3ccc(-c4ccc(F)cc4)cc3F)cc2)o1. The number of hydrogen-bond donors (Lipinski definition) is 3.